The normalized spacial score (nSPS) is 11.2. The maximum Gasteiger partial charge on any atom is 0.195 e. The Morgan fingerprint density at radius 1 is 1.40 bits per heavy atom. The van der Waals surface area contributed by atoms with Gasteiger partial charge in [0.2, 0.25) is 0 Å². The molecule has 0 aliphatic heterocycles. The fraction of sp³-hybridized carbons (Fsp3) is 0.429. The monoisotopic (exact) mass is 310 g/mol. The lowest BCUT2D eigenvalue weighted by Gasteiger charge is -2.13. The number of nitrogens with one attached hydrogen (secondary N) is 1. The highest BCUT2D eigenvalue weighted by molar-refractivity contribution is 7.99. The first-order valence-corrected chi connectivity index (χ1v) is 7.77. The van der Waals surface area contributed by atoms with Gasteiger partial charge in [-0.3, -0.25) is 0 Å². The molecule has 0 radical (unpaired) electrons. The minimum atomic E-state index is 0.618. The summed E-state index contributed by atoms with van der Waals surface area (Å²) in [6.07, 6.45) is 1.70. The van der Waals surface area contributed by atoms with Gasteiger partial charge in [0.15, 0.2) is 5.16 Å². The van der Waals surface area contributed by atoms with Gasteiger partial charge in [0.25, 0.3) is 0 Å². The highest BCUT2D eigenvalue weighted by atomic mass is 35.5. The zero-order chi connectivity index (χ0) is 14.5. The van der Waals surface area contributed by atoms with Gasteiger partial charge in [0.1, 0.15) is 6.33 Å². The number of hydrogen-bond donors (Lipinski definition) is 1. The van der Waals surface area contributed by atoms with Gasteiger partial charge in [-0.1, -0.05) is 31.5 Å². The molecule has 2 rings (SSSR count). The number of benzene rings is 1. The van der Waals surface area contributed by atoms with Crippen LogP contribution in [0, 0.1) is 5.92 Å². The molecular formula is C14H19ClN4S. The summed E-state index contributed by atoms with van der Waals surface area (Å²) in [4.78, 5) is 1.12. The summed E-state index contributed by atoms with van der Waals surface area (Å²) in [5.41, 5.74) is 1.11. The Balaban J connectivity index is 2.15. The Morgan fingerprint density at radius 3 is 2.85 bits per heavy atom. The quantitative estimate of drug-likeness (QED) is 0.888. The second-order valence-electron chi connectivity index (χ2n) is 5.07. The van der Waals surface area contributed by atoms with E-state index >= 15 is 0 Å². The Hall–Kier alpha value is -1.04. The molecule has 0 saturated heterocycles. The number of nitrogens with zero attached hydrogens (tertiary/aromatic N) is 3. The van der Waals surface area contributed by atoms with Crippen molar-refractivity contribution in [2.75, 3.05) is 6.54 Å². The fourth-order valence-corrected chi connectivity index (χ4v) is 2.98. The smallest absolute Gasteiger partial charge is 0.195 e. The zero-order valence-electron chi connectivity index (χ0n) is 11.9. The third-order valence-electron chi connectivity index (χ3n) is 2.80. The Kier molecular flexibility index (Phi) is 5.46. The van der Waals surface area contributed by atoms with Crippen LogP contribution >= 0.6 is 23.4 Å². The van der Waals surface area contributed by atoms with Crippen molar-refractivity contribution in [3.8, 4) is 0 Å². The molecule has 0 bridgehead atoms. The van der Waals surface area contributed by atoms with Crippen LogP contribution in [0.2, 0.25) is 5.02 Å². The number of hydrogen-bond acceptors (Lipinski definition) is 4. The van der Waals surface area contributed by atoms with Crippen LogP contribution in [-0.2, 0) is 13.6 Å². The largest absolute Gasteiger partial charge is 0.312 e. The van der Waals surface area contributed by atoms with Crippen molar-refractivity contribution in [3.63, 3.8) is 0 Å². The third-order valence-corrected chi connectivity index (χ3v) is 4.31. The van der Waals surface area contributed by atoms with E-state index in [9.17, 15) is 0 Å². The minimum absolute atomic E-state index is 0.618. The number of halogens is 1. The molecule has 108 valence electrons. The van der Waals surface area contributed by atoms with Crippen molar-refractivity contribution in [2.24, 2.45) is 13.0 Å². The number of aromatic nitrogens is 3. The molecule has 2 aromatic rings. The van der Waals surface area contributed by atoms with Crippen LogP contribution in [0.25, 0.3) is 0 Å². The highest BCUT2D eigenvalue weighted by Gasteiger charge is 2.11. The average Bonchev–Trinajstić information content (AvgIpc) is 2.78. The number of rotatable bonds is 6. The molecule has 0 aliphatic carbocycles. The topological polar surface area (TPSA) is 42.7 Å². The fourth-order valence-electron chi connectivity index (χ4n) is 1.76. The van der Waals surface area contributed by atoms with Crippen molar-refractivity contribution >= 4 is 23.4 Å². The van der Waals surface area contributed by atoms with E-state index in [2.05, 4.69) is 35.4 Å². The second kappa shape index (κ2) is 7.11. The summed E-state index contributed by atoms with van der Waals surface area (Å²) < 4.78 is 1.90. The van der Waals surface area contributed by atoms with Gasteiger partial charge in [-0.15, -0.1) is 10.2 Å². The molecule has 0 spiro atoms. The molecular weight excluding hydrogens is 292 g/mol. The van der Waals surface area contributed by atoms with E-state index in [1.165, 1.54) is 0 Å². The summed E-state index contributed by atoms with van der Waals surface area (Å²) in [7, 11) is 1.93. The van der Waals surface area contributed by atoms with E-state index in [4.69, 9.17) is 11.6 Å². The zero-order valence-corrected chi connectivity index (χ0v) is 13.5. The maximum absolute atomic E-state index is 6.33. The molecule has 20 heavy (non-hydrogen) atoms. The van der Waals surface area contributed by atoms with E-state index in [1.54, 1.807) is 18.1 Å². The van der Waals surface area contributed by atoms with Crippen molar-refractivity contribution in [1.29, 1.82) is 0 Å². The highest BCUT2D eigenvalue weighted by Crippen LogP contribution is 2.32. The predicted octanol–water partition coefficient (Wildman–Crippen LogP) is 3.37. The molecule has 1 N–H and O–H groups in total. The average molecular weight is 311 g/mol. The van der Waals surface area contributed by atoms with Gasteiger partial charge in [0, 0.05) is 23.5 Å². The molecule has 0 aliphatic rings. The van der Waals surface area contributed by atoms with E-state index in [0.717, 1.165) is 33.7 Å². The number of aryl methyl sites for hydroxylation is 1. The molecule has 6 heteroatoms. The summed E-state index contributed by atoms with van der Waals surface area (Å²) >= 11 is 7.91. The Morgan fingerprint density at radius 2 is 2.20 bits per heavy atom. The molecule has 1 aromatic heterocycles. The lowest BCUT2D eigenvalue weighted by molar-refractivity contribution is 0.550. The summed E-state index contributed by atoms with van der Waals surface area (Å²) in [6, 6.07) is 5.96. The van der Waals surface area contributed by atoms with Crippen molar-refractivity contribution < 1.29 is 0 Å². The van der Waals surface area contributed by atoms with Gasteiger partial charge >= 0.3 is 0 Å². The Labute approximate surface area is 128 Å². The second-order valence-corrected chi connectivity index (χ2v) is 6.48. The van der Waals surface area contributed by atoms with Crippen molar-refractivity contribution in [3.05, 3.63) is 35.1 Å². The van der Waals surface area contributed by atoms with Crippen LogP contribution in [0.5, 0.6) is 0 Å². The van der Waals surface area contributed by atoms with Gasteiger partial charge in [-0.25, -0.2) is 0 Å². The molecule has 1 heterocycles. The summed E-state index contributed by atoms with van der Waals surface area (Å²) in [6.45, 7) is 6.11. The lowest BCUT2D eigenvalue weighted by Crippen LogP contribution is -2.19. The third kappa shape index (κ3) is 3.98. The van der Waals surface area contributed by atoms with E-state index in [0.29, 0.717) is 5.92 Å². The lowest BCUT2D eigenvalue weighted by atomic mass is 10.2. The first-order valence-electron chi connectivity index (χ1n) is 6.58. The molecule has 0 fully saturated rings. The van der Waals surface area contributed by atoms with Gasteiger partial charge in [-0.05, 0) is 41.9 Å². The first kappa shape index (κ1) is 15.4. The van der Waals surface area contributed by atoms with E-state index < -0.39 is 0 Å². The molecule has 1 aromatic carbocycles. The van der Waals surface area contributed by atoms with E-state index in [1.807, 2.05) is 23.7 Å². The van der Waals surface area contributed by atoms with Gasteiger partial charge < -0.3 is 9.88 Å². The Bertz CT molecular complexity index is 568. The molecule has 0 unspecified atom stereocenters. The van der Waals surface area contributed by atoms with Crippen LogP contribution in [0.15, 0.2) is 34.6 Å². The van der Waals surface area contributed by atoms with E-state index in [-0.39, 0.29) is 0 Å². The van der Waals surface area contributed by atoms with Crippen LogP contribution in [0.4, 0.5) is 0 Å². The molecule has 0 amide bonds. The minimum Gasteiger partial charge on any atom is -0.312 e. The van der Waals surface area contributed by atoms with Crippen molar-refractivity contribution in [1.82, 2.24) is 20.1 Å². The predicted molar refractivity (Wildman–Crippen MR) is 83.1 cm³/mol. The molecule has 4 nitrogen and oxygen atoms in total. The van der Waals surface area contributed by atoms with Crippen LogP contribution in [-0.4, -0.2) is 21.3 Å². The first-order chi connectivity index (χ1) is 9.58. The van der Waals surface area contributed by atoms with Crippen LogP contribution in [0.3, 0.4) is 0 Å². The van der Waals surface area contributed by atoms with Gasteiger partial charge in [-0.2, -0.15) is 0 Å². The van der Waals surface area contributed by atoms with Crippen LogP contribution < -0.4 is 5.32 Å². The summed E-state index contributed by atoms with van der Waals surface area (Å²) in [5, 5.41) is 13.1. The van der Waals surface area contributed by atoms with Crippen molar-refractivity contribution in [2.45, 2.75) is 30.4 Å². The van der Waals surface area contributed by atoms with Gasteiger partial charge in [0.05, 0.1) is 0 Å². The molecule has 0 saturated carbocycles. The standard InChI is InChI=1S/C14H19ClN4S/c1-10(2)7-16-8-11-12(15)5-4-6-13(11)20-14-18-17-9-19(14)3/h4-6,9-10,16H,7-8H2,1-3H3. The maximum atomic E-state index is 6.33. The van der Waals surface area contributed by atoms with Crippen LogP contribution in [0.1, 0.15) is 19.4 Å². The molecule has 0 atom stereocenters. The summed E-state index contributed by atoms with van der Waals surface area (Å²) in [5.74, 6) is 0.618. The SMILES string of the molecule is CC(C)CNCc1c(Cl)cccc1Sc1nncn1C.